The van der Waals surface area contributed by atoms with Gasteiger partial charge in [-0.25, -0.2) is 9.78 Å². The molecule has 0 bridgehead atoms. The summed E-state index contributed by atoms with van der Waals surface area (Å²) >= 11 is 5.94. The lowest BCUT2D eigenvalue weighted by molar-refractivity contribution is -0.145. The summed E-state index contributed by atoms with van der Waals surface area (Å²) in [6.07, 6.45) is 3.34. The zero-order chi connectivity index (χ0) is 14.0. The Morgan fingerprint density at radius 3 is 2.84 bits per heavy atom. The van der Waals surface area contributed by atoms with Gasteiger partial charge in [0.1, 0.15) is 17.4 Å². The zero-order valence-electron chi connectivity index (χ0n) is 11.1. The van der Waals surface area contributed by atoms with E-state index >= 15 is 0 Å². The Morgan fingerprint density at radius 1 is 1.53 bits per heavy atom. The molecule has 2 aromatic heterocycles. The van der Waals surface area contributed by atoms with E-state index in [2.05, 4.69) is 9.97 Å². The maximum absolute atomic E-state index is 12.0. The van der Waals surface area contributed by atoms with Crippen molar-refractivity contribution in [2.75, 3.05) is 7.11 Å². The van der Waals surface area contributed by atoms with Gasteiger partial charge in [0.05, 0.1) is 24.7 Å². The minimum atomic E-state index is -0.439. The van der Waals surface area contributed by atoms with Crippen LogP contribution in [0.4, 0.5) is 0 Å². The van der Waals surface area contributed by atoms with Gasteiger partial charge < -0.3 is 9.30 Å². The highest BCUT2D eigenvalue weighted by molar-refractivity contribution is 6.16. The minimum absolute atomic E-state index is 0.0694. The zero-order valence-corrected chi connectivity index (χ0v) is 11.9. The maximum atomic E-state index is 12.0. The number of carbonyl (C=O) groups excluding carboxylic acids is 1. The van der Waals surface area contributed by atoms with Crippen LogP contribution in [-0.2, 0) is 15.4 Å². The molecule has 0 saturated carbocycles. The number of esters is 1. The Balaban J connectivity index is 2.67. The second kappa shape index (κ2) is 5.57. The standard InChI is InChI=1S/C13H16ClN3O2/c1-8(2)12(13(18)19-3)17-10-4-5-15-7-9(10)16-11(17)6-14/h4-5,7-8,12H,6H2,1-3H3. The van der Waals surface area contributed by atoms with E-state index in [0.29, 0.717) is 5.82 Å². The number of alkyl halides is 1. The molecule has 0 spiro atoms. The third kappa shape index (κ3) is 2.42. The summed E-state index contributed by atoms with van der Waals surface area (Å²) in [5, 5.41) is 0. The second-order valence-electron chi connectivity index (χ2n) is 4.61. The molecule has 19 heavy (non-hydrogen) atoms. The van der Waals surface area contributed by atoms with Crippen molar-refractivity contribution in [1.29, 1.82) is 0 Å². The van der Waals surface area contributed by atoms with Crippen molar-refractivity contribution >= 4 is 28.6 Å². The molecular formula is C13H16ClN3O2. The fraction of sp³-hybridized carbons (Fsp3) is 0.462. The summed E-state index contributed by atoms with van der Waals surface area (Å²) in [6.45, 7) is 3.93. The van der Waals surface area contributed by atoms with E-state index in [4.69, 9.17) is 16.3 Å². The molecule has 0 aliphatic carbocycles. The average Bonchev–Trinajstić information content (AvgIpc) is 2.77. The predicted octanol–water partition coefficient (Wildman–Crippen LogP) is 2.54. The fourth-order valence-corrected chi connectivity index (χ4v) is 2.39. The fourth-order valence-electron chi connectivity index (χ4n) is 2.20. The van der Waals surface area contributed by atoms with Crippen LogP contribution in [0.1, 0.15) is 25.7 Å². The van der Waals surface area contributed by atoms with Crippen molar-refractivity contribution in [3.63, 3.8) is 0 Å². The Kier molecular flexibility index (Phi) is 4.04. The van der Waals surface area contributed by atoms with Crippen LogP contribution in [0.25, 0.3) is 11.0 Å². The molecule has 0 N–H and O–H groups in total. The van der Waals surface area contributed by atoms with Gasteiger partial charge in [-0.2, -0.15) is 0 Å². The molecule has 0 radical (unpaired) electrons. The highest BCUT2D eigenvalue weighted by Gasteiger charge is 2.28. The molecule has 0 fully saturated rings. The molecule has 1 unspecified atom stereocenters. The molecule has 0 aromatic carbocycles. The smallest absolute Gasteiger partial charge is 0.329 e. The first-order chi connectivity index (χ1) is 9.10. The molecule has 5 nitrogen and oxygen atoms in total. The van der Waals surface area contributed by atoms with Crippen LogP contribution in [0.15, 0.2) is 18.5 Å². The first kappa shape index (κ1) is 13.8. The van der Waals surface area contributed by atoms with Crippen molar-refractivity contribution in [3.05, 3.63) is 24.3 Å². The van der Waals surface area contributed by atoms with Crippen molar-refractivity contribution in [3.8, 4) is 0 Å². The van der Waals surface area contributed by atoms with Crippen molar-refractivity contribution in [2.45, 2.75) is 25.8 Å². The molecule has 1 atom stereocenters. The molecule has 0 saturated heterocycles. The van der Waals surface area contributed by atoms with Gasteiger partial charge in [-0.05, 0) is 12.0 Å². The number of fused-ring (bicyclic) bond motifs is 1. The molecule has 0 amide bonds. The van der Waals surface area contributed by atoms with Gasteiger partial charge in [0.15, 0.2) is 0 Å². The average molecular weight is 282 g/mol. The number of methoxy groups -OCH3 is 1. The van der Waals surface area contributed by atoms with Crippen LogP contribution in [0.5, 0.6) is 0 Å². The van der Waals surface area contributed by atoms with Gasteiger partial charge in [-0.3, -0.25) is 4.98 Å². The molecule has 6 heteroatoms. The first-order valence-corrected chi connectivity index (χ1v) is 6.58. The van der Waals surface area contributed by atoms with Crippen molar-refractivity contribution in [1.82, 2.24) is 14.5 Å². The van der Waals surface area contributed by atoms with E-state index in [0.717, 1.165) is 11.0 Å². The Labute approximate surface area is 116 Å². The van der Waals surface area contributed by atoms with Crippen molar-refractivity contribution < 1.29 is 9.53 Å². The molecule has 2 aromatic rings. The molecular weight excluding hydrogens is 266 g/mol. The second-order valence-corrected chi connectivity index (χ2v) is 4.88. The Hall–Kier alpha value is -1.62. The lowest BCUT2D eigenvalue weighted by atomic mass is 10.0. The SMILES string of the molecule is COC(=O)C(C(C)C)n1c(CCl)nc2cnccc21. The molecule has 0 aliphatic rings. The number of rotatable bonds is 4. The largest absolute Gasteiger partial charge is 0.467 e. The highest BCUT2D eigenvalue weighted by Crippen LogP contribution is 2.27. The summed E-state index contributed by atoms with van der Waals surface area (Å²) in [5.41, 5.74) is 1.57. The van der Waals surface area contributed by atoms with Crippen LogP contribution in [0.2, 0.25) is 0 Å². The van der Waals surface area contributed by atoms with Crippen molar-refractivity contribution in [2.24, 2.45) is 5.92 Å². The number of aromatic nitrogens is 3. The lowest BCUT2D eigenvalue weighted by Crippen LogP contribution is -2.27. The van der Waals surface area contributed by atoms with E-state index in [1.54, 1.807) is 12.4 Å². The van der Waals surface area contributed by atoms with Crippen LogP contribution in [0, 0.1) is 5.92 Å². The van der Waals surface area contributed by atoms with E-state index in [-0.39, 0.29) is 17.8 Å². The minimum Gasteiger partial charge on any atom is -0.467 e. The lowest BCUT2D eigenvalue weighted by Gasteiger charge is -2.22. The van der Waals surface area contributed by atoms with Gasteiger partial charge in [0.2, 0.25) is 0 Å². The quantitative estimate of drug-likeness (QED) is 0.638. The number of hydrogen-bond donors (Lipinski definition) is 0. The third-order valence-electron chi connectivity index (χ3n) is 3.04. The summed E-state index contributed by atoms with van der Waals surface area (Å²) in [5.74, 6) is 0.653. The number of ether oxygens (including phenoxy) is 1. The number of imidazole rings is 1. The van der Waals surface area contributed by atoms with Gasteiger partial charge in [-0.15, -0.1) is 11.6 Å². The number of hydrogen-bond acceptors (Lipinski definition) is 4. The normalized spacial score (nSPS) is 12.9. The van der Waals surface area contributed by atoms with Gasteiger partial charge >= 0.3 is 5.97 Å². The Morgan fingerprint density at radius 2 is 2.26 bits per heavy atom. The number of pyridine rings is 1. The molecule has 102 valence electrons. The highest BCUT2D eigenvalue weighted by atomic mass is 35.5. The van der Waals surface area contributed by atoms with Crippen LogP contribution in [0.3, 0.4) is 0 Å². The monoisotopic (exact) mass is 281 g/mol. The Bertz CT molecular complexity index is 595. The summed E-state index contributed by atoms with van der Waals surface area (Å²) in [4.78, 5) is 20.5. The predicted molar refractivity (Wildman–Crippen MR) is 73.0 cm³/mol. The van der Waals surface area contributed by atoms with E-state index in [1.165, 1.54) is 7.11 Å². The van der Waals surface area contributed by atoms with E-state index in [9.17, 15) is 4.79 Å². The topological polar surface area (TPSA) is 57.0 Å². The van der Waals surface area contributed by atoms with Crippen LogP contribution < -0.4 is 0 Å². The third-order valence-corrected chi connectivity index (χ3v) is 3.28. The van der Waals surface area contributed by atoms with E-state index in [1.807, 2.05) is 24.5 Å². The number of halogens is 1. The number of carbonyl (C=O) groups is 1. The molecule has 0 aliphatic heterocycles. The summed E-state index contributed by atoms with van der Waals surface area (Å²) in [7, 11) is 1.39. The first-order valence-electron chi connectivity index (χ1n) is 6.04. The molecule has 2 rings (SSSR count). The number of nitrogens with zero attached hydrogens (tertiary/aromatic N) is 3. The summed E-state index contributed by atoms with van der Waals surface area (Å²) < 4.78 is 6.75. The summed E-state index contributed by atoms with van der Waals surface area (Å²) in [6, 6.07) is 1.39. The van der Waals surface area contributed by atoms with Gasteiger partial charge in [-0.1, -0.05) is 13.8 Å². The van der Waals surface area contributed by atoms with Crippen LogP contribution >= 0.6 is 11.6 Å². The van der Waals surface area contributed by atoms with Gasteiger partial charge in [0.25, 0.3) is 0 Å². The van der Waals surface area contributed by atoms with Crippen LogP contribution in [-0.4, -0.2) is 27.6 Å². The molecule has 2 heterocycles. The maximum Gasteiger partial charge on any atom is 0.329 e. The van der Waals surface area contributed by atoms with E-state index < -0.39 is 6.04 Å². The van der Waals surface area contributed by atoms with Gasteiger partial charge in [0, 0.05) is 6.20 Å².